The lowest BCUT2D eigenvalue weighted by Gasteiger charge is -2.25. The van der Waals surface area contributed by atoms with Crippen LogP contribution >= 0.6 is 24.4 Å². The zero-order chi connectivity index (χ0) is 23.4. The minimum absolute atomic E-state index is 0.0371. The van der Waals surface area contributed by atoms with Crippen molar-refractivity contribution >= 4 is 48.1 Å². The standard InChI is InChI=1S/C18H34N4O6S2/c1-9(2)7-12(21-17(26)14(19)10(3)23)15(24)22-13(8-29)16(25)20-11(18(27)28)5-6-30-4/h9-14,23,29H,5-8,19H2,1-4H3,(H,20,25)(H,21,26)(H,22,24)(H,27,28). The lowest BCUT2D eigenvalue weighted by molar-refractivity contribution is -0.142. The monoisotopic (exact) mass is 466 g/mol. The van der Waals surface area contributed by atoms with Crippen molar-refractivity contribution in [2.75, 3.05) is 17.8 Å². The number of amides is 3. The highest BCUT2D eigenvalue weighted by Gasteiger charge is 2.30. The molecule has 5 unspecified atom stereocenters. The van der Waals surface area contributed by atoms with Gasteiger partial charge in [0.1, 0.15) is 24.2 Å². The van der Waals surface area contributed by atoms with Gasteiger partial charge >= 0.3 is 5.97 Å². The van der Waals surface area contributed by atoms with Gasteiger partial charge in [-0.15, -0.1) is 0 Å². The number of nitrogens with one attached hydrogen (secondary N) is 3. The van der Waals surface area contributed by atoms with Gasteiger partial charge in [-0.05, 0) is 37.7 Å². The first-order valence-corrected chi connectivity index (χ1v) is 11.6. The molecule has 7 N–H and O–H groups in total. The molecule has 0 aromatic carbocycles. The maximum Gasteiger partial charge on any atom is 0.326 e. The smallest absolute Gasteiger partial charge is 0.326 e. The van der Waals surface area contributed by atoms with E-state index >= 15 is 0 Å². The van der Waals surface area contributed by atoms with Gasteiger partial charge in [0.05, 0.1) is 6.10 Å². The molecule has 5 atom stereocenters. The van der Waals surface area contributed by atoms with E-state index in [0.29, 0.717) is 5.75 Å². The van der Waals surface area contributed by atoms with Crippen LogP contribution in [0.4, 0.5) is 0 Å². The van der Waals surface area contributed by atoms with Crippen molar-refractivity contribution in [3.8, 4) is 0 Å². The SMILES string of the molecule is CSCCC(NC(=O)C(CS)NC(=O)C(CC(C)C)NC(=O)C(N)C(C)O)C(=O)O. The first kappa shape index (κ1) is 28.5. The van der Waals surface area contributed by atoms with Crippen molar-refractivity contribution in [1.29, 1.82) is 0 Å². The molecular formula is C18H34N4O6S2. The zero-order valence-corrected chi connectivity index (χ0v) is 19.5. The highest BCUT2D eigenvalue weighted by atomic mass is 32.2. The van der Waals surface area contributed by atoms with Gasteiger partial charge in [0, 0.05) is 5.75 Å². The lowest BCUT2D eigenvalue weighted by Crippen LogP contribution is -2.58. The second-order valence-corrected chi connectivity index (χ2v) is 8.73. The summed E-state index contributed by atoms with van der Waals surface area (Å²) >= 11 is 5.53. The van der Waals surface area contributed by atoms with Gasteiger partial charge in [-0.2, -0.15) is 24.4 Å². The Hall–Kier alpha value is -1.50. The number of rotatable bonds is 14. The quantitative estimate of drug-likeness (QED) is 0.159. The number of aliphatic hydroxyl groups is 1. The van der Waals surface area contributed by atoms with Crippen LogP contribution in [0.25, 0.3) is 0 Å². The Labute approximate surface area is 186 Å². The summed E-state index contributed by atoms with van der Waals surface area (Å²) in [6.45, 7) is 5.07. The van der Waals surface area contributed by atoms with Crippen LogP contribution in [0.2, 0.25) is 0 Å². The molecule has 0 heterocycles. The van der Waals surface area contributed by atoms with E-state index in [-0.39, 0.29) is 24.5 Å². The van der Waals surface area contributed by atoms with Crippen LogP contribution in [0.5, 0.6) is 0 Å². The number of carbonyl (C=O) groups is 4. The maximum atomic E-state index is 12.7. The van der Waals surface area contributed by atoms with E-state index in [1.807, 2.05) is 20.1 Å². The number of hydrogen-bond donors (Lipinski definition) is 7. The molecule has 10 nitrogen and oxygen atoms in total. The predicted octanol–water partition coefficient (Wildman–Crippen LogP) is -1.04. The average Bonchev–Trinajstić information content (AvgIpc) is 2.66. The number of aliphatic carboxylic acids is 1. The number of hydrogen-bond acceptors (Lipinski definition) is 8. The van der Waals surface area contributed by atoms with Gasteiger partial charge in [-0.25, -0.2) is 4.79 Å². The second-order valence-electron chi connectivity index (χ2n) is 7.38. The predicted molar refractivity (Wildman–Crippen MR) is 119 cm³/mol. The summed E-state index contributed by atoms with van der Waals surface area (Å²) in [5.74, 6) is -2.65. The number of nitrogens with two attached hydrogens (primary N) is 1. The molecule has 0 aromatic rings. The van der Waals surface area contributed by atoms with Crippen LogP contribution in [0.1, 0.15) is 33.6 Å². The van der Waals surface area contributed by atoms with Gasteiger partial charge in [0.2, 0.25) is 17.7 Å². The Balaban J connectivity index is 5.20. The topological polar surface area (TPSA) is 171 Å². The van der Waals surface area contributed by atoms with Crippen molar-refractivity contribution in [2.45, 2.75) is 63.9 Å². The first-order valence-electron chi connectivity index (χ1n) is 9.61. The van der Waals surface area contributed by atoms with Crippen molar-refractivity contribution < 1.29 is 29.4 Å². The summed E-state index contributed by atoms with van der Waals surface area (Å²) in [5.41, 5.74) is 5.61. The van der Waals surface area contributed by atoms with E-state index in [4.69, 9.17) is 5.73 Å². The van der Waals surface area contributed by atoms with E-state index in [1.165, 1.54) is 18.7 Å². The fourth-order valence-corrected chi connectivity index (χ4v) is 3.15. The second kappa shape index (κ2) is 14.5. The molecule has 30 heavy (non-hydrogen) atoms. The molecule has 0 spiro atoms. The first-order chi connectivity index (χ1) is 13.9. The minimum Gasteiger partial charge on any atom is -0.480 e. The Morgan fingerprint density at radius 3 is 1.90 bits per heavy atom. The van der Waals surface area contributed by atoms with E-state index in [2.05, 4.69) is 28.6 Å². The number of carboxylic acids is 1. The van der Waals surface area contributed by atoms with Crippen molar-refractivity contribution in [3.63, 3.8) is 0 Å². The van der Waals surface area contributed by atoms with E-state index in [9.17, 15) is 29.4 Å². The molecule has 0 fully saturated rings. The summed E-state index contributed by atoms with van der Waals surface area (Å²) in [4.78, 5) is 48.7. The number of carboxylic acid groups (broad SMARTS) is 1. The van der Waals surface area contributed by atoms with Gasteiger partial charge in [-0.3, -0.25) is 14.4 Å². The number of thiol groups is 1. The fourth-order valence-electron chi connectivity index (χ4n) is 2.42. The Bertz CT molecular complexity index is 591. The number of thioether (sulfide) groups is 1. The molecule has 0 saturated heterocycles. The molecule has 174 valence electrons. The number of carbonyl (C=O) groups excluding carboxylic acids is 3. The van der Waals surface area contributed by atoms with Crippen LogP contribution < -0.4 is 21.7 Å². The van der Waals surface area contributed by atoms with Crippen LogP contribution in [-0.4, -0.2) is 81.9 Å². The van der Waals surface area contributed by atoms with Gasteiger partial charge in [0.25, 0.3) is 0 Å². The number of aliphatic hydroxyl groups excluding tert-OH is 1. The lowest BCUT2D eigenvalue weighted by atomic mass is 10.0. The zero-order valence-electron chi connectivity index (χ0n) is 17.8. The normalized spacial score (nSPS) is 16.1. The van der Waals surface area contributed by atoms with Crippen LogP contribution in [0.3, 0.4) is 0 Å². The Kier molecular flexibility index (Phi) is 13.8. The van der Waals surface area contributed by atoms with Crippen molar-refractivity contribution in [1.82, 2.24) is 16.0 Å². The third-order valence-corrected chi connectivity index (χ3v) is 5.21. The van der Waals surface area contributed by atoms with Gasteiger partial charge in [0.15, 0.2) is 0 Å². The fraction of sp³-hybridized carbons (Fsp3) is 0.778. The van der Waals surface area contributed by atoms with Crippen LogP contribution in [0, 0.1) is 5.92 Å². The molecule has 12 heteroatoms. The van der Waals surface area contributed by atoms with Crippen LogP contribution in [-0.2, 0) is 19.2 Å². The molecule has 0 saturated carbocycles. The molecule has 0 rings (SSSR count). The maximum absolute atomic E-state index is 12.7. The molecule has 0 aliphatic carbocycles. The summed E-state index contributed by atoms with van der Waals surface area (Å²) in [5, 5.41) is 26.1. The van der Waals surface area contributed by atoms with Gasteiger partial charge < -0.3 is 31.9 Å². The van der Waals surface area contributed by atoms with E-state index in [0.717, 1.165) is 0 Å². The third-order valence-electron chi connectivity index (χ3n) is 4.20. The Morgan fingerprint density at radius 1 is 0.967 bits per heavy atom. The minimum atomic E-state index is -1.20. The third kappa shape index (κ3) is 10.5. The average molecular weight is 467 g/mol. The van der Waals surface area contributed by atoms with Gasteiger partial charge in [-0.1, -0.05) is 13.8 Å². The highest BCUT2D eigenvalue weighted by molar-refractivity contribution is 7.98. The Morgan fingerprint density at radius 2 is 1.47 bits per heavy atom. The highest BCUT2D eigenvalue weighted by Crippen LogP contribution is 2.07. The summed E-state index contributed by atoms with van der Waals surface area (Å²) in [6, 6.07) is -4.36. The van der Waals surface area contributed by atoms with E-state index < -0.39 is 54.0 Å². The van der Waals surface area contributed by atoms with Crippen molar-refractivity contribution in [2.24, 2.45) is 11.7 Å². The van der Waals surface area contributed by atoms with E-state index in [1.54, 1.807) is 0 Å². The van der Waals surface area contributed by atoms with Crippen molar-refractivity contribution in [3.05, 3.63) is 0 Å². The molecule has 3 amide bonds. The summed E-state index contributed by atoms with van der Waals surface area (Å²) < 4.78 is 0. The largest absolute Gasteiger partial charge is 0.480 e. The molecule has 0 bridgehead atoms. The molecule has 0 aliphatic rings. The summed E-state index contributed by atoms with van der Waals surface area (Å²) in [6.07, 6.45) is 1.23. The molecule has 0 aromatic heterocycles. The molecular weight excluding hydrogens is 432 g/mol. The summed E-state index contributed by atoms with van der Waals surface area (Å²) in [7, 11) is 0. The molecule has 0 radical (unpaired) electrons. The molecule has 0 aliphatic heterocycles. The van der Waals surface area contributed by atoms with Crippen LogP contribution in [0.15, 0.2) is 0 Å².